The highest BCUT2D eigenvalue weighted by Gasteiger charge is 2.14. The Balaban J connectivity index is 3.16. The van der Waals surface area contributed by atoms with Gasteiger partial charge in [-0.3, -0.25) is 14.9 Å². The Morgan fingerprint density at radius 3 is 2.58 bits per heavy atom. The van der Waals surface area contributed by atoms with Crippen molar-refractivity contribution >= 4 is 23.0 Å². The van der Waals surface area contributed by atoms with Gasteiger partial charge < -0.3 is 16.0 Å². The van der Waals surface area contributed by atoms with Gasteiger partial charge in [-0.1, -0.05) is 0 Å². The van der Waals surface area contributed by atoms with E-state index in [1.54, 1.807) is 11.0 Å². The Morgan fingerprint density at radius 1 is 1.42 bits per heavy atom. The van der Waals surface area contributed by atoms with Crippen molar-refractivity contribution in [2.75, 3.05) is 29.9 Å². The molecule has 19 heavy (non-hydrogen) atoms. The fourth-order valence-corrected chi connectivity index (χ4v) is 1.76. The van der Waals surface area contributed by atoms with E-state index in [1.165, 1.54) is 12.1 Å². The first kappa shape index (κ1) is 14.7. The lowest BCUT2D eigenvalue weighted by molar-refractivity contribution is -0.384. The van der Waals surface area contributed by atoms with Crippen molar-refractivity contribution in [2.45, 2.75) is 13.8 Å². The zero-order chi connectivity index (χ0) is 14.4. The van der Waals surface area contributed by atoms with E-state index in [9.17, 15) is 14.9 Å². The predicted molar refractivity (Wildman–Crippen MR) is 74.3 cm³/mol. The Bertz CT molecular complexity index is 476. The number of carbonyl (C=O) groups is 1. The molecule has 1 amide bonds. The molecule has 1 rings (SSSR count). The Hall–Kier alpha value is -2.31. The predicted octanol–water partition coefficient (Wildman–Crippen LogP) is 1.34. The van der Waals surface area contributed by atoms with Gasteiger partial charge in [0, 0.05) is 36.6 Å². The second kappa shape index (κ2) is 6.58. The minimum atomic E-state index is -0.474. The maximum Gasteiger partial charge on any atom is 0.273 e. The third-order valence-electron chi connectivity index (χ3n) is 2.59. The van der Waals surface area contributed by atoms with Crippen molar-refractivity contribution in [3.05, 3.63) is 28.3 Å². The van der Waals surface area contributed by atoms with Crippen LogP contribution in [0.1, 0.15) is 13.8 Å². The lowest BCUT2D eigenvalue weighted by atomic mass is 10.2. The molecule has 0 unspecified atom stereocenters. The summed E-state index contributed by atoms with van der Waals surface area (Å²) in [5.74, 6) is -0.474. The van der Waals surface area contributed by atoms with E-state index in [0.717, 1.165) is 0 Å². The van der Waals surface area contributed by atoms with Gasteiger partial charge in [0.25, 0.3) is 5.69 Å². The van der Waals surface area contributed by atoms with E-state index >= 15 is 0 Å². The zero-order valence-electron chi connectivity index (χ0n) is 11.0. The number of nitrogens with zero attached hydrogens (tertiary/aromatic N) is 2. The maximum atomic E-state index is 11.0. The summed E-state index contributed by atoms with van der Waals surface area (Å²) in [4.78, 5) is 23.1. The number of amides is 1. The highest BCUT2D eigenvalue weighted by atomic mass is 16.6. The third kappa shape index (κ3) is 4.13. The van der Waals surface area contributed by atoms with E-state index < -0.39 is 10.8 Å². The second-order valence-electron chi connectivity index (χ2n) is 4.01. The van der Waals surface area contributed by atoms with Crippen LogP contribution in [0.3, 0.4) is 0 Å². The van der Waals surface area contributed by atoms with Gasteiger partial charge >= 0.3 is 0 Å². The molecule has 0 saturated carbocycles. The number of nitrogens with two attached hydrogens (primary N) is 1. The van der Waals surface area contributed by atoms with Crippen LogP contribution in [0.5, 0.6) is 0 Å². The Kier molecular flexibility index (Phi) is 5.11. The van der Waals surface area contributed by atoms with Crippen LogP contribution >= 0.6 is 0 Å². The topological polar surface area (TPSA) is 102 Å². The minimum absolute atomic E-state index is 0.0172. The fourth-order valence-electron chi connectivity index (χ4n) is 1.76. The first-order valence-corrected chi connectivity index (χ1v) is 6.04. The molecule has 1 aromatic rings. The first-order chi connectivity index (χ1) is 8.97. The number of nitro benzene ring substituents is 1. The van der Waals surface area contributed by atoms with Crippen molar-refractivity contribution in [3.8, 4) is 0 Å². The van der Waals surface area contributed by atoms with Gasteiger partial charge in [0.15, 0.2) is 0 Å². The summed E-state index contributed by atoms with van der Waals surface area (Å²) < 4.78 is 0. The van der Waals surface area contributed by atoms with Crippen molar-refractivity contribution in [2.24, 2.45) is 5.73 Å². The number of nitro groups is 1. The highest BCUT2D eigenvalue weighted by Crippen LogP contribution is 2.26. The van der Waals surface area contributed by atoms with E-state index in [2.05, 4.69) is 5.32 Å². The third-order valence-corrected chi connectivity index (χ3v) is 2.59. The number of hydrogen-bond donors (Lipinski definition) is 2. The normalized spacial score (nSPS) is 10.0. The average Bonchev–Trinajstić information content (AvgIpc) is 2.35. The van der Waals surface area contributed by atoms with Gasteiger partial charge in [-0.2, -0.15) is 0 Å². The quantitative estimate of drug-likeness (QED) is 0.572. The molecule has 0 aromatic heterocycles. The molecule has 1 aromatic carbocycles. The first-order valence-electron chi connectivity index (χ1n) is 6.04. The van der Waals surface area contributed by atoms with Gasteiger partial charge in [-0.15, -0.1) is 0 Å². The van der Waals surface area contributed by atoms with Crippen LogP contribution in [0.15, 0.2) is 18.2 Å². The van der Waals surface area contributed by atoms with Crippen LogP contribution in [0.4, 0.5) is 17.1 Å². The number of primary amides is 1. The molecule has 0 aliphatic rings. The second-order valence-corrected chi connectivity index (χ2v) is 4.01. The number of non-ortho nitro benzene ring substituents is 1. The van der Waals surface area contributed by atoms with E-state index in [-0.39, 0.29) is 12.2 Å². The zero-order valence-corrected chi connectivity index (χ0v) is 11.0. The van der Waals surface area contributed by atoms with Crippen molar-refractivity contribution < 1.29 is 9.72 Å². The number of nitrogens with one attached hydrogen (secondary N) is 1. The molecule has 3 N–H and O–H groups in total. The summed E-state index contributed by atoms with van der Waals surface area (Å²) in [6.45, 7) is 4.98. The lowest BCUT2D eigenvalue weighted by Gasteiger charge is -2.22. The minimum Gasteiger partial charge on any atom is -0.385 e. The van der Waals surface area contributed by atoms with E-state index in [0.29, 0.717) is 24.5 Å². The van der Waals surface area contributed by atoms with Crippen molar-refractivity contribution in [1.29, 1.82) is 0 Å². The Labute approximate surface area is 111 Å². The molecule has 7 nitrogen and oxygen atoms in total. The van der Waals surface area contributed by atoms with Gasteiger partial charge in [-0.05, 0) is 19.9 Å². The number of carbonyl (C=O) groups excluding carboxylic acids is 1. The highest BCUT2D eigenvalue weighted by molar-refractivity contribution is 5.80. The number of hydrogen-bond acceptors (Lipinski definition) is 5. The van der Waals surface area contributed by atoms with Crippen LogP contribution in [0, 0.1) is 10.1 Å². The summed E-state index contributed by atoms with van der Waals surface area (Å²) in [5.41, 5.74) is 6.40. The Morgan fingerprint density at radius 2 is 2.11 bits per heavy atom. The molecule has 0 fully saturated rings. The molecule has 0 aliphatic carbocycles. The van der Waals surface area contributed by atoms with Crippen LogP contribution in [0.25, 0.3) is 0 Å². The fraction of sp³-hybridized carbons (Fsp3) is 0.417. The molecule has 0 aliphatic heterocycles. The lowest BCUT2D eigenvalue weighted by Crippen LogP contribution is -2.33. The molecule has 0 atom stereocenters. The van der Waals surface area contributed by atoms with Crippen LogP contribution in [-0.2, 0) is 4.79 Å². The SMILES string of the molecule is CCNc1cc(N(CC)CC(N)=O)cc([N+](=O)[O-])c1. The van der Waals surface area contributed by atoms with Crippen LogP contribution in [-0.4, -0.2) is 30.5 Å². The molecule has 7 heteroatoms. The molecule has 0 heterocycles. The van der Waals surface area contributed by atoms with Crippen molar-refractivity contribution in [3.63, 3.8) is 0 Å². The van der Waals surface area contributed by atoms with Gasteiger partial charge in [-0.25, -0.2) is 0 Å². The molecule has 0 bridgehead atoms. The number of rotatable bonds is 7. The standard InChI is InChI=1S/C12H18N4O3/c1-3-14-9-5-10(7-11(6-9)16(18)19)15(4-2)8-12(13)17/h5-7,14H,3-4,8H2,1-2H3,(H2,13,17). The monoisotopic (exact) mass is 266 g/mol. The van der Waals surface area contributed by atoms with Gasteiger partial charge in [0.1, 0.15) is 0 Å². The smallest absolute Gasteiger partial charge is 0.273 e. The molecular formula is C12H18N4O3. The maximum absolute atomic E-state index is 11.0. The van der Waals surface area contributed by atoms with E-state index in [1.807, 2.05) is 13.8 Å². The van der Waals surface area contributed by atoms with Gasteiger partial charge in [0.05, 0.1) is 11.5 Å². The number of benzene rings is 1. The summed E-state index contributed by atoms with van der Waals surface area (Å²) in [6.07, 6.45) is 0. The van der Waals surface area contributed by atoms with E-state index in [4.69, 9.17) is 5.73 Å². The molecular weight excluding hydrogens is 248 g/mol. The average molecular weight is 266 g/mol. The molecule has 0 spiro atoms. The number of likely N-dealkylation sites (N-methyl/N-ethyl adjacent to an activating group) is 1. The summed E-state index contributed by atoms with van der Waals surface area (Å²) in [6, 6.07) is 4.67. The largest absolute Gasteiger partial charge is 0.385 e. The van der Waals surface area contributed by atoms with Crippen LogP contribution < -0.4 is 16.0 Å². The van der Waals surface area contributed by atoms with Crippen LogP contribution in [0.2, 0.25) is 0 Å². The summed E-state index contributed by atoms with van der Waals surface area (Å²) in [5, 5.41) is 13.9. The summed E-state index contributed by atoms with van der Waals surface area (Å²) >= 11 is 0. The molecule has 0 saturated heterocycles. The van der Waals surface area contributed by atoms with Crippen molar-refractivity contribution in [1.82, 2.24) is 0 Å². The summed E-state index contributed by atoms with van der Waals surface area (Å²) in [7, 11) is 0. The number of anilines is 2. The molecule has 0 radical (unpaired) electrons. The molecule has 104 valence electrons. The van der Waals surface area contributed by atoms with Gasteiger partial charge in [0.2, 0.25) is 5.91 Å².